The summed E-state index contributed by atoms with van der Waals surface area (Å²) >= 11 is 6.43. The minimum Gasteiger partial charge on any atom is -0.497 e. The maximum Gasteiger partial charge on any atom is 0.309 e. The zero-order valence-corrected chi connectivity index (χ0v) is 19.5. The number of carboxylic acid groups (broad SMARTS) is 1. The second-order valence-corrected chi connectivity index (χ2v) is 9.90. The lowest BCUT2D eigenvalue weighted by atomic mass is 9.74. The van der Waals surface area contributed by atoms with Crippen LogP contribution >= 0.6 is 11.6 Å². The molecule has 1 aliphatic heterocycles. The monoisotopic (exact) mass is 460 g/mol. The topological polar surface area (TPSA) is 82.9 Å². The highest BCUT2D eigenvalue weighted by atomic mass is 35.5. The van der Waals surface area contributed by atoms with E-state index in [-0.39, 0.29) is 0 Å². The van der Waals surface area contributed by atoms with Crippen molar-refractivity contribution in [1.29, 1.82) is 0 Å². The van der Waals surface area contributed by atoms with Gasteiger partial charge in [0.05, 0.1) is 29.2 Å². The lowest BCUT2D eigenvalue weighted by molar-refractivity contribution is -0.153. The van der Waals surface area contributed by atoms with Gasteiger partial charge >= 0.3 is 5.97 Å². The molecule has 0 bridgehead atoms. The van der Waals surface area contributed by atoms with Crippen LogP contribution in [0.5, 0.6) is 5.75 Å². The van der Waals surface area contributed by atoms with Crippen LogP contribution in [0.2, 0.25) is 5.02 Å². The summed E-state index contributed by atoms with van der Waals surface area (Å²) in [5, 5.41) is 22.3. The Morgan fingerprint density at radius 1 is 1.31 bits per heavy atom. The average molecular weight is 461 g/mol. The lowest BCUT2D eigenvalue weighted by Gasteiger charge is -2.40. The highest BCUT2D eigenvalue weighted by Crippen LogP contribution is 2.41. The van der Waals surface area contributed by atoms with Gasteiger partial charge in [0, 0.05) is 23.7 Å². The Kier molecular flexibility index (Phi) is 7.23. The molecule has 0 amide bonds. The molecule has 2 N–H and O–H groups in total. The number of carbonyl (C=O) groups is 1. The zero-order chi connectivity index (χ0) is 22.7. The van der Waals surface area contributed by atoms with Crippen LogP contribution in [0.25, 0.3) is 10.9 Å². The fourth-order valence-corrected chi connectivity index (χ4v) is 5.76. The van der Waals surface area contributed by atoms with Gasteiger partial charge < -0.3 is 19.8 Å². The van der Waals surface area contributed by atoms with E-state index in [9.17, 15) is 15.0 Å². The summed E-state index contributed by atoms with van der Waals surface area (Å²) in [6.07, 6.45) is 7.95. The van der Waals surface area contributed by atoms with Crippen LogP contribution in [0.3, 0.4) is 0 Å². The normalized spacial score (nSPS) is 20.5. The summed E-state index contributed by atoms with van der Waals surface area (Å²) in [6, 6.07) is 5.47. The molecule has 7 heteroatoms. The molecule has 4 rings (SSSR count). The van der Waals surface area contributed by atoms with Crippen molar-refractivity contribution in [2.45, 2.75) is 57.5 Å². The highest BCUT2D eigenvalue weighted by molar-refractivity contribution is 6.32. The number of methoxy groups -OCH3 is 1. The van der Waals surface area contributed by atoms with Gasteiger partial charge in [0.25, 0.3) is 0 Å². The van der Waals surface area contributed by atoms with Gasteiger partial charge in [-0.2, -0.15) is 0 Å². The zero-order valence-electron chi connectivity index (χ0n) is 18.7. The van der Waals surface area contributed by atoms with Crippen LogP contribution in [-0.4, -0.2) is 52.8 Å². The van der Waals surface area contributed by atoms with Gasteiger partial charge in [-0.3, -0.25) is 9.78 Å². The summed E-state index contributed by atoms with van der Waals surface area (Å²) in [7, 11) is 1.59. The van der Waals surface area contributed by atoms with E-state index in [0.717, 1.165) is 36.5 Å². The molecule has 1 aliphatic carbocycles. The van der Waals surface area contributed by atoms with E-state index in [0.29, 0.717) is 42.0 Å². The van der Waals surface area contributed by atoms with Crippen molar-refractivity contribution in [2.24, 2.45) is 11.3 Å². The van der Waals surface area contributed by atoms with Crippen molar-refractivity contribution >= 4 is 28.5 Å². The number of aliphatic carboxylic acids is 1. The molecule has 2 aromatic rings. The Labute approximate surface area is 194 Å². The van der Waals surface area contributed by atoms with E-state index in [1.54, 1.807) is 13.3 Å². The molecule has 1 saturated heterocycles. The van der Waals surface area contributed by atoms with E-state index in [2.05, 4.69) is 9.88 Å². The van der Waals surface area contributed by atoms with Gasteiger partial charge in [-0.05, 0) is 75.7 Å². The van der Waals surface area contributed by atoms with Crippen LogP contribution in [-0.2, 0) is 4.79 Å². The Hall–Kier alpha value is -1.89. The van der Waals surface area contributed by atoms with Crippen molar-refractivity contribution in [3.05, 3.63) is 35.0 Å². The van der Waals surface area contributed by atoms with Crippen LogP contribution in [0.1, 0.15) is 63.0 Å². The summed E-state index contributed by atoms with van der Waals surface area (Å²) < 4.78 is 5.32. The number of aliphatic hydroxyl groups excluding tert-OH is 1. The number of rotatable bonds is 8. The number of ether oxygens (including phenoxy) is 1. The number of carboxylic acids is 1. The number of hydrogen-bond donors (Lipinski definition) is 2. The van der Waals surface area contributed by atoms with Gasteiger partial charge in [0.1, 0.15) is 5.75 Å². The number of aliphatic hydroxyl groups is 1. The van der Waals surface area contributed by atoms with E-state index < -0.39 is 17.5 Å². The number of pyridine rings is 1. The Balaban J connectivity index is 1.45. The molecule has 2 heterocycles. The molecular weight excluding hydrogens is 428 g/mol. The number of nitrogens with zero attached hydrogens (tertiary/aromatic N) is 2. The Morgan fingerprint density at radius 3 is 2.69 bits per heavy atom. The standard InChI is InChI=1S/C25H33ClN2O4/c1-32-18-6-7-21-19(14-18)23(20(26)15-27-21)22(29)8-9-25(24(30)31)10-12-28(13-11-25)16-17-4-2-3-5-17/h6-7,14-15,17,22,29H,2-5,8-13,16H2,1H3,(H,30,31)/t22-/m1/s1. The molecule has 1 atom stereocenters. The maximum atomic E-state index is 12.3. The first kappa shape index (κ1) is 23.3. The number of fused-ring (bicyclic) bond motifs is 1. The highest BCUT2D eigenvalue weighted by Gasteiger charge is 2.42. The number of likely N-dealkylation sites (tertiary alicyclic amines) is 1. The van der Waals surface area contributed by atoms with Gasteiger partial charge in [-0.15, -0.1) is 0 Å². The Morgan fingerprint density at radius 2 is 2.03 bits per heavy atom. The second kappa shape index (κ2) is 9.94. The number of piperidine rings is 1. The molecule has 174 valence electrons. The van der Waals surface area contributed by atoms with Crippen molar-refractivity contribution in [1.82, 2.24) is 9.88 Å². The molecule has 2 aliphatic rings. The summed E-state index contributed by atoms with van der Waals surface area (Å²) in [6.45, 7) is 2.73. The number of aromatic nitrogens is 1. The smallest absolute Gasteiger partial charge is 0.309 e. The van der Waals surface area contributed by atoms with Crippen molar-refractivity contribution in [3.8, 4) is 5.75 Å². The van der Waals surface area contributed by atoms with Gasteiger partial charge in [-0.1, -0.05) is 24.4 Å². The SMILES string of the molecule is COc1ccc2ncc(Cl)c([C@H](O)CCC3(C(=O)O)CCN(CC4CCCC4)CC3)c2c1. The molecule has 1 aromatic carbocycles. The van der Waals surface area contributed by atoms with Crippen LogP contribution < -0.4 is 4.74 Å². The van der Waals surface area contributed by atoms with Gasteiger partial charge in [0.15, 0.2) is 0 Å². The third-order valence-corrected chi connectivity index (χ3v) is 7.86. The first-order valence-corrected chi connectivity index (χ1v) is 12.1. The summed E-state index contributed by atoms with van der Waals surface area (Å²) in [4.78, 5) is 19.1. The van der Waals surface area contributed by atoms with Crippen molar-refractivity contribution < 1.29 is 19.7 Å². The number of halogens is 1. The van der Waals surface area contributed by atoms with Crippen LogP contribution in [0, 0.1) is 11.3 Å². The number of benzene rings is 1. The van der Waals surface area contributed by atoms with E-state index in [1.165, 1.54) is 25.7 Å². The van der Waals surface area contributed by atoms with Gasteiger partial charge in [0.2, 0.25) is 0 Å². The first-order valence-electron chi connectivity index (χ1n) is 11.7. The molecule has 1 saturated carbocycles. The van der Waals surface area contributed by atoms with Gasteiger partial charge in [-0.25, -0.2) is 0 Å². The minimum absolute atomic E-state index is 0.338. The molecule has 0 spiro atoms. The van der Waals surface area contributed by atoms with E-state index >= 15 is 0 Å². The van der Waals surface area contributed by atoms with Crippen LogP contribution in [0.15, 0.2) is 24.4 Å². The molecule has 1 aromatic heterocycles. The second-order valence-electron chi connectivity index (χ2n) is 9.49. The Bertz CT molecular complexity index is 952. The molecule has 6 nitrogen and oxygen atoms in total. The van der Waals surface area contributed by atoms with Crippen molar-refractivity contribution in [3.63, 3.8) is 0 Å². The molecular formula is C25H33ClN2O4. The fourth-order valence-electron chi connectivity index (χ4n) is 5.48. The molecule has 0 radical (unpaired) electrons. The fraction of sp³-hybridized carbons (Fsp3) is 0.600. The molecule has 2 fully saturated rings. The average Bonchev–Trinajstić information content (AvgIpc) is 3.31. The van der Waals surface area contributed by atoms with Crippen LogP contribution in [0.4, 0.5) is 0 Å². The van der Waals surface area contributed by atoms with E-state index in [4.69, 9.17) is 16.3 Å². The third kappa shape index (κ3) is 4.87. The first-order chi connectivity index (χ1) is 15.4. The minimum atomic E-state index is -0.868. The lowest BCUT2D eigenvalue weighted by Crippen LogP contribution is -2.45. The summed E-state index contributed by atoms with van der Waals surface area (Å²) in [5.41, 5.74) is 0.521. The summed E-state index contributed by atoms with van der Waals surface area (Å²) in [5.74, 6) is 0.678. The van der Waals surface area contributed by atoms with Crippen molar-refractivity contribution in [2.75, 3.05) is 26.7 Å². The predicted molar refractivity (Wildman–Crippen MR) is 125 cm³/mol. The van der Waals surface area contributed by atoms with E-state index in [1.807, 2.05) is 18.2 Å². The predicted octanol–water partition coefficient (Wildman–Crippen LogP) is 5.07. The number of hydrogen-bond acceptors (Lipinski definition) is 5. The maximum absolute atomic E-state index is 12.3. The largest absolute Gasteiger partial charge is 0.497 e. The third-order valence-electron chi connectivity index (χ3n) is 7.56. The molecule has 32 heavy (non-hydrogen) atoms. The quantitative estimate of drug-likeness (QED) is 0.572. The molecule has 0 unspecified atom stereocenters.